The molecular formula is C14H11BrFNO. The minimum atomic E-state index is -0.466. The average Bonchev–Trinajstić information content (AvgIpc) is 2.33. The zero-order valence-electron chi connectivity index (χ0n) is 9.71. The van der Waals surface area contributed by atoms with Gasteiger partial charge in [0.25, 0.3) is 5.91 Å². The Morgan fingerprint density at radius 2 is 1.94 bits per heavy atom. The van der Waals surface area contributed by atoms with Crippen molar-refractivity contribution in [1.29, 1.82) is 0 Å². The highest BCUT2D eigenvalue weighted by molar-refractivity contribution is 9.10. The molecular weight excluding hydrogens is 297 g/mol. The van der Waals surface area contributed by atoms with Crippen LogP contribution in [-0.2, 0) is 0 Å². The normalized spacial score (nSPS) is 10.2. The lowest BCUT2D eigenvalue weighted by Crippen LogP contribution is -2.14. The van der Waals surface area contributed by atoms with Gasteiger partial charge in [0.1, 0.15) is 5.82 Å². The number of hydrogen-bond acceptors (Lipinski definition) is 1. The molecule has 0 fully saturated rings. The van der Waals surface area contributed by atoms with Crippen molar-refractivity contribution in [3.8, 4) is 0 Å². The van der Waals surface area contributed by atoms with Crippen molar-refractivity contribution >= 4 is 27.5 Å². The molecule has 0 aliphatic rings. The predicted octanol–water partition coefficient (Wildman–Crippen LogP) is 4.15. The molecule has 0 saturated carbocycles. The topological polar surface area (TPSA) is 29.1 Å². The molecule has 0 bridgehead atoms. The fourth-order valence-electron chi connectivity index (χ4n) is 1.61. The van der Waals surface area contributed by atoms with Crippen molar-refractivity contribution < 1.29 is 9.18 Å². The van der Waals surface area contributed by atoms with E-state index in [-0.39, 0.29) is 11.6 Å². The predicted molar refractivity (Wildman–Crippen MR) is 73.2 cm³/mol. The van der Waals surface area contributed by atoms with Crippen molar-refractivity contribution in [1.82, 2.24) is 0 Å². The van der Waals surface area contributed by atoms with Crippen molar-refractivity contribution in [2.24, 2.45) is 0 Å². The van der Waals surface area contributed by atoms with E-state index in [4.69, 9.17) is 0 Å². The van der Waals surface area contributed by atoms with Gasteiger partial charge < -0.3 is 5.32 Å². The number of benzene rings is 2. The average molecular weight is 308 g/mol. The molecule has 2 nitrogen and oxygen atoms in total. The largest absolute Gasteiger partial charge is 0.319 e. The summed E-state index contributed by atoms with van der Waals surface area (Å²) in [5.41, 5.74) is 1.57. The van der Waals surface area contributed by atoms with Gasteiger partial charge in [0.05, 0.1) is 5.69 Å². The number of anilines is 1. The second-order valence-electron chi connectivity index (χ2n) is 3.89. The first kappa shape index (κ1) is 12.8. The first-order valence-corrected chi connectivity index (χ1v) is 6.19. The van der Waals surface area contributed by atoms with Gasteiger partial charge in [-0.15, -0.1) is 0 Å². The Morgan fingerprint density at radius 3 is 2.61 bits per heavy atom. The third-order valence-corrected chi connectivity index (χ3v) is 3.06. The van der Waals surface area contributed by atoms with Crippen LogP contribution in [0, 0.1) is 12.7 Å². The number of nitrogens with one attached hydrogen (secondary N) is 1. The number of rotatable bonds is 2. The first-order chi connectivity index (χ1) is 8.58. The summed E-state index contributed by atoms with van der Waals surface area (Å²) in [6.45, 7) is 1.84. The quantitative estimate of drug-likeness (QED) is 0.887. The van der Waals surface area contributed by atoms with Gasteiger partial charge in [-0.3, -0.25) is 4.79 Å². The highest BCUT2D eigenvalue weighted by Crippen LogP contribution is 2.20. The van der Waals surface area contributed by atoms with Crippen LogP contribution < -0.4 is 5.32 Å². The van der Waals surface area contributed by atoms with Crippen LogP contribution in [0.1, 0.15) is 15.9 Å². The molecule has 0 aromatic heterocycles. The van der Waals surface area contributed by atoms with E-state index in [1.807, 2.05) is 19.1 Å². The molecule has 1 N–H and O–H groups in total. The van der Waals surface area contributed by atoms with Crippen LogP contribution in [0.4, 0.5) is 10.1 Å². The Balaban J connectivity index is 2.24. The Hall–Kier alpha value is -1.68. The van der Waals surface area contributed by atoms with E-state index in [1.54, 1.807) is 18.2 Å². The Labute approximate surface area is 113 Å². The third-order valence-electron chi connectivity index (χ3n) is 2.57. The van der Waals surface area contributed by atoms with Crippen molar-refractivity contribution in [2.45, 2.75) is 6.92 Å². The van der Waals surface area contributed by atoms with Gasteiger partial charge in [-0.25, -0.2) is 4.39 Å². The molecule has 2 rings (SSSR count). The van der Waals surface area contributed by atoms with Gasteiger partial charge in [0, 0.05) is 10.0 Å². The zero-order chi connectivity index (χ0) is 13.1. The van der Waals surface area contributed by atoms with Crippen LogP contribution in [0.5, 0.6) is 0 Å². The summed E-state index contributed by atoms with van der Waals surface area (Å²) in [5.74, 6) is -0.777. The van der Waals surface area contributed by atoms with Gasteiger partial charge in [0.15, 0.2) is 0 Å². The summed E-state index contributed by atoms with van der Waals surface area (Å²) in [6, 6.07) is 11.7. The van der Waals surface area contributed by atoms with Gasteiger partial charge in [-0.1, -0.05) is 34.1 Å². The van der Waals surface area contributed by atoms with E-state index in [9.17, 15) is 9.18 Å². The van der Waals surface area contributed by atoms with E-state index in [2.05, 4.69) is 21.2 Å². The minimum absolute atomic E-state index is 0.173. The minimum Gasteiger partial charge on any atom is -0.319 e. The molecule has 2 aromatic rings. The fourth-order valence-corrected chi connectivity index (χ4v) is 1.94. The molecule has 18 heavy (non-hydrogen) atoms. The van der Waals surface area contributed by atoms with E-state index >= 15 is 0 Å². The highest BCUT2D eigenvalue weighted by atomic mass is 79.9. The molecule has 4 heteroatoms. The third kappa shape index (κ3) is 2.76. The number of hydrogen-bond donors (Lipinski definition) is 1. The van der Waals surface area contributed by atoms with E-state index in [0.717, 1.165) is 5.56 Å². The highest BCUT2D eigenvalue weighted by Gasteiger charge is 2.11. The second kappa shape index (κ2) is 5.31. The number of aryl methyl sites for hydroxylation is 1. The molecule has 0 spiro atoms. The Kier molecular flexibility index (Phi) is 3.77. The van der Waals surface area contributed by atoms with E-state index < -0.39 is 5.82 Å². The van der Waals surface area contributed by atoms with Crippen LogP contribution in [0.25, 0.3) is 0 Å². The van der Waals surface area contributed by atoms with Crippen LogP contribution in [0.15, 0.2) is 46.9 Å². The maximum Gasteiger partial charge on any atom is 0.256 e. The molecule has 1 amide bonds. The number of amides is 1. The lowest BCUT2D eigenvalue weighted by molar-refractivity contribution is 0.102. The lowest BCUT2D eigenvalue weighted by atomic mass is 10.1. The Bertz CT molecular complexity index is 598. The summed E-state index contributed by atoms with van der Waals surface area (Å²) < 4.78 is 14.2. The molecule has 0 aliphatic heterocycles. The SMILES string of the molecule is Cc1ccccc1C(=O)Nc1ccc(Br)cc1F. The molecule has 0 heterocycles. The maximum absolute atomic E-state index is 13.6. The molecule has 92 valence electrons. The Morgan fingerprint density at radius 1 is 1.22 bits per heavy atom. The lowest BCUT2D eigenvalue weighted by Gasteiger charge is -2.08. The molecule has 0 atom stereocenters. The molecule has 0 radical (unpaired) electrons. The van der Waals surface area contributed by atoms with Crippen LogP contribution in [0.2, 0.25) is 0 Å². The summed E-state index contributed by atoms with van der Waals surface area (Å²) in [5, 5.41) is 2.56. The van der Waals surface area contributed by atoms with Gasteiger partial charge >= 0.3 is 0 Å². The van der Waals surface area contributed by atoms with Gasteiger partial charge in [0.2, 0.25) is 0 Å². The summed E-state index contributed by atoms with van der Waals surface area (Å²) in [4.78, 5) is 12.0. The summed E-state index contributed by atoms with van der Waals surface area (Å²) in [6.07, 6.45) is 0. The van der Waals surface area contributed by atoms with Crippen LogP contribution in [0.3, 0.4) is 0 Å². The van der Waals surface area contributed by atoms with Crippen molar-refractivity contribution in [2.75, 3.05) is 5.32 Å². The number of halogens is 2. The summed E-state index contributed by atoms with van der Waals surface area (Å²) >= 11 is 3.17. The fraction of sp³-hybridized carbons (Fsp3) is 0.0714. The number of carbonyl (C=O) groups is 1. The van der Waals surface area contributed by atoms with Gasteiger partial charge in [-0.05, 0) is 36.8 Å². The molecule has 0 unspecified atom stereocenters. The monoisotopic (exact) mass is 307 g/mol. The van der Waals surface area contributed by atoms with E-state index in [1.165, 1.54) is 12.1 Å². The van der Waals surface area contributed by atoms with Crippen molar-refractivity contribution in [3.05, 3.63) is 63.9 Å². The second-order valence-corrected chi connectivity index (χ2v) is 4.81. The smallest absolute Gasteiger partial charge is 0.256 e. The standard InChI is InChI=1S/C14H11BrFNO/c1-9-4-2-3-5-11(9)14(18)17-13-7-6-10(15)8-12(13)16/h2-8H,1H3,(H,17,18). The van der Waals surface area contributed by atoms with Gasteiger partial charge in [-0.2, -0.15) is 0 Å². The first-order valence-electron chi connectivity index (χ1n) is 5.40. The maximum atomic E-state index is 13.6. The zero-order valence-corrected chi connectivity index (χ0v) is 11.3. The number of carbonyl (C=O) groups excluding carboxylic acids is 1. The molecule has 0 aliphatic carbocycles. The summed E-state index contributed by atoms with van der Waals surface area (Å²) in [7, 11) is 0. The van der Waals surface area contributed by atoms with Crippen molar-refractivity contribution in [3.63, 3.8) is 0 Å². The molecule has 2 aromatic carbocycles. The van der Waals surface area contributed by atoms with E-state index in [0.29, 0.717) is 10.0 Å². The molecule has 0 saturated heterocycles. The van der Waals surface area contributed by atoms with Crippen LogP contribution in [-0.4, -0.2) is 5.91 Å². The van der Waals surface area contributed by atoms with Crippen LogP contribution >= 0.6 is 15.9 Å².